The maximum absolute atomic E-state index is 11.8. The van der Waals surface area contributed by atoms with E-state index in [1.54, 1.807) is 22.9 Å². The number of benzene rings is 1. The van der Waals surface area contributed by atoms with Gasteiger partial charge in [0.25, 0.3) is 5.56 Å². The number of aliphatic imine (C=N–C) groups is 1. The third kappa shape index (κ3) is 6.34. The summed E-state index contributed by atoms with van der Waals surface area (Å²) < 4.78 is 1.69. The summed E-state index contributed by atoms with van der Waals surface area (Å²) in [6.45, 7) is 6.45. The van der Waals surface area contributed by atoms with Gasteiger partial charge in [-0.25, -0.2) is 4.99 Å². The summed E-state index contributed by atoms with van der Waals surface area (Å²) in [6, 6.07) is 13.9. The largest absolute Gasteiger partial charge is 0.370 e. The number of aromatic nitrogens is 1. The van der Waals surface area contributed by atoms with Crippen LogP contribution in [0.4, 0.5) is 0 Å². The van der Waals surface area contributed by atoms with E-state index in [2.05, 4.69) is 22.1 Å². The van der Waals surface area contributed by atoms with Crippen LogP contribution in [0.15, 0.2) is 58.4 Å². The SMILES string of the molecule is CCN1CCCC1CNC(N)=NCc1ccc(Cn2ccccc2=O)cc1.I. The van der Waals surface area contributed by atoms with Gasteiger partial charge in [-0.1, -0.05) is 37.3 Å². The number of pyridine rings is 1. The normalized spacial score (nSPS) is 17.3. The molecule has 0 bridgehead atoms. The van der Waals surface area contributed by atoms with Crippen LogP contribution in [0.3, 0.4) is 0 Å². The van der Waals surface area contributed by atoms with Crippen molar-refractivity contribution in [1.29, 1.82) is 0 Å². The Hall–Kier alpha value is -1.87. The van der Waals surface area contributed by atoms with Crippen LogP contribution in [0.2, 0.25) is 0 Å². The van der Waals surface area contributed by atoms with Crippen molar-refractivity contribution in [3.05, 3.63) is 70.1 Å². The van der Waals surface area contributed by atoms with Gasteiger partial charge in [0.15, 0.2) is 5.96 Å². The highest BCUT2D eigenvalue weighted by Gasteiger charge is 2.22. The highest BCUT2D eigenvalue weighted by atomic mass is 127. The van der Waals surface area contributed by atoms with E-state index < -0.39 is 0 Å². The van der Waals surface area contributed by atoms with E-state index in [1.807, 2.05) is 30.3 Å². The van der Waals surface area contributed by atoms with Gasteiger partial charge in [-0.05, 0) is 43.1 Å². The monoisotopic (exact) mass is 495 g/mol. The topological polar surface area (TPSA) is 75.7 Å². The zero-order valence-electron chi connectivity index (χ0n) is 16.4. The molecule has 1 fully saturated rings. The van der Waals surface area contributed by atoms with Gasteiger partial charge >= 0.3 is 0 Å². The first kappa shape index (κ1) is 22.4. The zero-order valence-corrected chi connectivity index (χ0v) is 18.7. The van der Waals surface area contributed by atoms with Crippen LogP contribution in [0.1, 0.15) is 30.9 Å². The standard InChI is InChI=1S/C21H29N5O.HI/c1-2-25-13-5-6-19(25)15-24-21(22)23-14-17-8-10-18(11-9-17)16-26-12-4-3-7-20(26)27;/h3-4,7-12,19H,2,5-6,13-16H2,1H3,(H3,22,23,24);1H. The molecule has 1 unspecified atom stereocenters. The Morgan fingerprint density at radius 2 is 1.96 bits per heavy atom. The van der Waals surface area contributed by atoms with Crippen molar-refractivity contribution in [3.8, 4) is 0 Å². The fraction of sp³-hybridized carbons (Fsp3) is 0.429. The van der Waals surface area contributed by atoms with Crippen LogP contribution in [-0.4, -0.2) is 41.1 Å². The second kappa shape index (κ2) is 11.2. The maximum atomic E-state index is 11.8. The van der Waals surface area contributed by atoms with Crippen molar-refractivity contribution in [1.82, 2.24) is 14.8 Å². The molecule has 1 atom stereocenters. The Balaban J connectivity index is 0.00000280. The first-order valence-corrected chi connectivity index (χ1v) is 9.67. The molecular formula is C21H30IN5O. The van der Waals surface area contributed by atoms with Crippen molar-refractivity contribution in [3.63, 3.8) is 0 Å². The van der Waals surface area contributed by atoms with E-state index >= 15 is 0 Å². The molecule has 0 saturated carbocycles. The smallest absolute Gasteiger partial charge is 0.250 e. The van der Waals surface area contributed by atoms with Crippen LogP contribution >= 0.6 is 24.0 Å². The number of likely N-dealkylation sites (tertiary alicyclic amines) is 1. The van der Waals surface area contributed by atoms with Crippen LogP contribution in [0.25, 0.3) is 0 Å². The lowest BCUT2D eigenvalue weighted by Gasteiger charge is -2.23. The molecule has 2 aromatic rings. The lowest BCUT2D eigenvalue weighted by molar-refractivity contribution is 0.267. The summed E-state index contributed by atoms with van der Waals surface area (Å²) >= 11 is 0. The average molecular weight is 495 g/mol. The number of nitrogens with one attached hydrogen (secondary N) is 1. The third-order valence-electron chi connectivity index (χ3n) is 5.13. The van der Waals surface area contributed by atoms with E-state index in [4.69, 9.17) is 5.73 Å². The molecule has 1 aromatic heterocycles. The van der Waals surface area contributed by atoms with E-state index in [-0.39, 0.29) is 29.5 Å². The molecule has 2 heterocycles. The predicted molar refractivity (Wildman–Crippen MR) is 125 cm³/mol. The number of hydrogen-bond acceptors (Lipinski definition) is 3. The Kier molecular flexibility index (Phi) is 8.98. The lowest BCUT2D eigenvalue weighted by Crippen LogP contribution is -2.42. The van der Waals surface area contributed by atoms with Gasteiger partial charge in [-0.3, -0.25) is 9.69 Å². The molecule has 7 heteroatoms. The number of hydrogen-bond donors (Lipinski definition) is 2. The zero-order chi connectivity index (χ0) is 19.1. The Labute approximate surface area is 183 Å². The number of halogens is 1. The number of likely N-dealkylation sites (N-methyl/N-ethyl adjacent to an activating group) is 1. The fourth-order valence-corrected chi connectivity index (χ4v) is 3.54. The van der Waals surface area contributed by atoms with Gasteiger partial charge in [0.05, 0.1) is 13.1 Å². The molecule has 1 aliphatic rings. The van der Waals surface area contributed by atoms with Crippen molar-refractivity contribution in [2.45, 2.75) is 38.9 Å². The predicted octanol–water partition coefficient (Wildman–Crippen LogP) is 2.40. The minimum Gasteiger partial charge on any atom is -0.370 e. The van der Waals surface area contributed by atoms with Crippen molar-refractivity contribution in [2.75, 3.05) is 19.6 Å². The van der Waals surface area contributed by atoms with Crippen LogP contribution in [-0.2, 0) is 13.1 Å². The number of rotatable bonds is 7. The quantitative estimate of drug-likeness (QED) is 0.352. The van der Waals surface area contributed by atoms with E-state index in [1.165, 1.54) is 19.4 Å². The molecule has 152 valence electrons. The van der Waals surface area contributed by atoms with E-state index in [0.29, 0.717) is 25.1 Å². The van der Waals surface area contributed by atoms with Gasteiger partial charge in [-0.15, -0.1) is 24.0 Å². The Bertz CT molecular complexity index is 818. The van der Waals surface area contributed by atoms with Crippen LogP contribution < -0.4 is 16.6 Å². The number of nitrogens with zero attached hydrogens (tertiary/aromatic N) is 3. The molecule has 0 spiro atoms. The van der Waals surface area contributed by atoms with Crippen LogP contribution in [0, 0.1) is 0 Å². The minimum atomic E-state index is 0. The fourth-order valence-electron chi connectivity index (χ4n) is 3.54. The van der Waals surface area contributed by atoms with Crippen molar-refractivity contribution < 1.29 is 0 Å². The number of guanidine groups is 1. The summed E-state index contributed by atoms with van der Waals surface area (Å²) in [5.41, 5.74) is 8.21. The molecule has 28 heavy (non-hydrogen) atoms. The molecule has 3 N–H and O–H groups in total. The molecule has 6 nitrogen and oxygen atoms in total. The summed E-state index contributed by atoms with van der Waals surface area (Å²) in [6.07, 6.45) is 4.29. The minimum absolute atomic E-state index is 0. The van der Waals surface area contributed by atoms with E-state index in [0.717, 1.165) is 24.2 Å². The van der Waals surface area contributed by atoms with Gasteiger partial charge in [0.2, 0.25) is 0 Å². The molecule has 1 aromatic carbocycles. The molecule has 0 aliphatic carbocycles. The average Bonchev–Trinajstić information content (AvgIpc) is 3.15. The molecule has 1 aliphatic heterocycles. The first-order valence-electron chi connectivity index (χ1n) is 9.67. The molecule has 0 radical (unpaired) electrons. The van der Waals surface area contributed by atoms with Gasteiger partial charge in [0.1, 0.15) is 0 Å². The second-order valence-electron chi connectivity index (χ2n) is 6.99. The molecule has 1 saturated heterocycles. The number of nitrogens with two attached hydrogens (primary N) is 1. The van der Waals surface area contributed by atoms with Crippen molar-refractivity contribution in [2.24, 2.45) is 10.7 Å². The summed E-state index contributed by atoms with van der Waals surface area (Å²) in [4.78, 5) is 18.7. The molecule has 0 amide bonds. The van der Waals surface area contributed by atoms with Crippen molar-refractivity contribution >= 4 is 29.9 Å². The second-order valence-corrected chi connectivity index (χ2v) is 6.99. The summed E-state index contributed by atoms with van der Waals surface area (Å²) in [7, 11) is 0. The maximum Gasteiger partial charge on any atom is 0.250 e. The van der Waals surface area contributed by atoms with Gasteiger partial charge in [-0.2, -0.15) is 0 Å². The summed E-state index contributed by atoms with van der Waals surface area (Å²) in [5.74, 6) is 0.498. The first-order chi connectivity index (χ1) is 13.2. The van der Waals surface area contributed by atoms with Gasteiger partial charge < -0.3 is 15.6 Å². The summed E-state index contributed by atoms with van der Waals surface area (Å²) in [5, 5.41) is 3.26. The highest BCUT2D eigenvalue weighted by Crippen LogP contribution is 2.15. The van der Waals surface area contributed by atoms with Crippen LogP contribution in [0.5, 0.6) is 0 Å². The third-order valence-corrected chi connectivity index (χ3v) is 5.13. The Morgan fingerprint density at radius 3 is 2.68 bits per heavy atom. The highest BCUT2D eigenvalue weighted by molar-refractivity contribution is 14.0. The molecule has 3 rings (SSSR count). The van der Waals surface area contributed by atoms with Gasteiger partial charge in [0, 0.05) is 24.8 Å². The van der Waals surface area contributed by atoms with E-state index in [9.17, 15) is 4.79 Å². The molecular weight excluding hydrogens is 465 g/mol. The Morgan fingerprint density at radius 1 is 1.21 bits per heavy atom. The lowest BCUT2D eigenvalue weighted by atomic mass is 10.1.